The summed E-state index contributed by atoms with van der Waals surface area (Å²) < 4.78 is 13.1. The number of aliphatic carboxylic acids is 1. The van der Waals surface area contributed by atoms with Crippen molar-refractivity contribution in [1.82, 2.24) is 4.90 Å². The lowest BCUT2D eigenvalue weighted by atomic mass is 9.73. The van der Waals surface area contributed by atoms with E-state index in [-0.39, 0.29) is 23.6 Å². The summed E-state index contributed by atoms with van der Waals surface area (Å²) in [7, 11) is 0. The zero-order valence-electron chi connectivity index (χ0n) is 15.0. The van der Waals surface area contributed by atoms with Gasteiger partial charge in [0.15, 0.2) is 0 Å². The number of carboxylic acid groups (broad SMARTS) is 1. The van der Waals surface area contributed by atoms with E-state index in [1.165, 1.54) is 12.1 Å². The van der Waals surface area contributed by atoms with Crippen LogP contribution in [0.1, 0.15) is 36.3 Å². The molecule has 0 bridgehead atoms. The second-order valence-corrected chi connectivity index (χ2v) is 7.58. The Morgan fingerprint density at radius 2 is 1.63 bits per heavy atom. The van der Waals surface area contributed by atoms with Gasteiger partial charge in [-0.2, -0.15) is 0 Å². The smallest absolute Gasteiger partial charge is 0.314 e. The summed E-state index contributed by atoms with van der Waals surface area (Å²) in [5.74, 6) is -0.917. The summed E-state index contributed by atoms with van der Waals surface area (Å²) in [6.45, 7) is 0.902. The van der Waals surface area contributed by atoms with Crippen LogP contribution >= 0.6 is 0 Å². The summed E-state index contributed by atoms with van der Waals surface area (Å²) in [4.78, 5) is 26.7. The van der Waals surface area contributed by atoms with Crippen LogP contribution in [0.3, 0.4) is 0 Å². The van der Waals surface area contributed by atoms with E-state index in [1.807, 2.05) is 30.3 Å². The molecule has 4 nitrogen and oxygen atoms in total. The second-order valence-electron chi connectivity index (χ2n) is 7.58. The molecule has 2 aromatic rings. The van der Waals surface area contributed by atoms with Crippen LogP contribution in [0.4, 0.5) is 4.39 Å². The first kappa shape index (κ1) is 17.7. The van der Waals surface area contributed by atoms with Gasteiger partial charge >= 0.3 is 5.97 Å². The number of likely N-dealkylation sites (tertiary alicyclic amines) is 1. The number of carbonyl (C=O) groups is 2. The predicted molar refractivity (Wildman–Crippen MR) is 98.8 cm³/mol. The molecule has 4 rings (SSSR count). The molecule has 1 amide bonds. The zero-order chi connectivity index (χ0) is 19.0. The van der Waals surface area contributed by atoms with Crippen molar-refractivity contribution in [2.24, 2.45) is 5.92 Å². The summed E-state index contributed by atoms with van der Waals surface area (Å²) in [6.07, 6.45) is 1.63. The lowest BCUT2D eigenvalue weighted by molar-refractivity contribution is -0.148. The van der Waals surface area contributed by atoms with Crippen molar-refractivity contribution in [1.29, 1.82) is 0 Å². The Hall–Kier alpha value is -2.69. The molecule has 1 saturated carbocycles. The summed E-state index contributed by atoms with van der Waals surface area (Å²) >= 11 is 0. The Kier molecular flexibility index (Phi) is 4.46. The van der Waals surface area contributed by atoms with E-state index < -0.39 is 11.4 Å². The van der Waals surface area contributed by atoms with Crippen molar-refractivity contribution in [3.05, 3.63) is 71.5 Å². The number of piperidine rings is 1. The number of carbonyl (C=O) groups excluding carboxylic acids is 1. The number of benzene rings is 2. The minimum absolute atomic E-state index is 0.0653. The van der Waals surface area contributed by atoms with Crippen LogP contribution in [-0.4, -0.2) is 35.0 Å². The van der Waals surface area contributed by atoms with Crippen LogP contribution in [0, 0.1) is 11.7 Å². The quantitative estimate of drug-likeness (QED) is 0.899. The Balaban J connectivity index is 1.42. The van der Waals surface area contributed by atoms with Crippen LogP contribution in [0.5, 0.6) is 0 Å². The molecule has 2 aliphatic rings. The molecule has 2 fully saturated rings. The summed E-state index contributed by atoms with van der Waals surface area (Å²) in [6, 6.07) is 15.6. The van der Waals surface area contributed by atoms with Gasteiger partial charge in [-0.15, -0.1) is 0 Å². The number of carboxylic acids is 1. The molecule has 5 heteroatoms. The van der Waals surface area contributed by atoms with E-state index in [9.17, 15) is 19.1 Å². The Bertz CT molecular complexity index is 842. The van der Waals surface area contributed by atoms with Crippen LogP contribution in [0.15, 0.2) is 54.6 Å². The third-order valence-electron chi connectivity index (χ3n) is 6.07. The maximum Gasteiger partial charge on any atom is 0.314 e. The van der Waals surface area contributed by atoms with E-state index in [1.54, 1.807) is 17.0 Å². The fourth-order valence-electron chi connectivity index (χ4n) is 4.27. The molecular weight excluding hydrogens is 345 g/mol. The SMILES string of the molecule is O=C([C@@H]1C[C@@H]1c1ccc(F)cc1)N1CCC(C(=O)O)(c2ccccc2)CC1. The molecule has 1 N–H and O–H groups in total. The molecule has 2 atom stereocenters. The maximum atomic E-state index is 13.1. The fourth-order valence-corrected chi connectivity index (χ4v) is 4.27. The first-order valence-corrected chi connectivity index (χ1v) is 9.34. The van der Waals surface area contributed by atoms with E-state index in [0.29, 0.717) is 25.9 Å². The van der Waals surface area contributed by atoms with Crippen molar-refractivity contribution < 1.29 is 19.1 Å². The molecule has 0 aromatic heterocycles. The molecule has 140 valence electrons. The monoisotopic (exact) mass is 367 g/mol. The van der Waals surface area contributed by atoms with Gasteiger partial charge in [0.25, 0.3) is 0 Å². The van der Waals surface area contributed by atoms with Crippen molar-refractivity contribution in [3.8, 4) is 0 Å². The van der Waals surface area contributed by atoms with Gasteiger partial charge in [-0.3, -0.25) is 9.59 Å². The normalized spacial score (nSPS) is 23.7. The van der Waals surface area contributed by atoms with Gasteiger partial charge in [-0.05, 0) is 48.4 Å². The molecule has 0 radical (unpaired) electrons. The van der Waals surface area contributed by atoms with Gasteiger partial charge in [0.05, 0.1) is 5.41 Å². The highest BCUT2D eigenvalue weighted by molar-refractivity contribution is 5.85. The average Bonchev–Trinajstić information content (AvgIpc) is 3.49. The molecule has 0 unspecified atom stereocenters. The average molecular weight is 367 g/mol. The lowest BCUT2D eigenvalue weighted by Gasteiger charge is -2.39. The predicted octanol–water partition coefficient (Wildman–Crippen LogP) is 3.57. The molecule has 1 saturated heterocycles. The highest BCUT2D eigenvalue weighted by atomic mass is 19.1. The standard InChI is InChI=1S/C22H22FNO3/c23-17-8-6-15(7-9-17)18-14-19(18)20(25)24-12-10-22(11-13-24,21(26)27)16-4-2-1-3-5-16/h1-9,18-19H,10-14H2,(H,26,27)/t18-,19-/m1/s1. The summed E-state index contributed by atoms with van der Waals surface area (Å²) in [5.41, 5.74) is 0.883. The minimum Gasteiger partial charge on any atom is -0.481 e. The molecule has 27 heavy (non-hydrogen) atoms. The van der Waals surface area contributed by atoms with E-state index in [4.69, 9.17) is 0 Å². The number of halogens is 1. The fraction of sp³-hybridized carbons (Fsp3) is 0.364. The topological polar surface area (TPSA) is 57.6 Å². The molecule has 0 spiro atoms. The van der Waals surface area contributed by atoms with Gasteiger partial charge in [0, 0.05) is 19.0 Å². The molecule has 1 aliphatic carbocycles. The Labute approximate surface area is 157 Å². The van der Waals surface area contributed by atoms with E-state index >= 15 is 0 Å². The van der Waals surface area contributed by atoms with Gasteiger partial charge in [-0.25, -0.2) is 4.39 Å². The van der Waals surface area contributed by atoms with Crippen LogP contribution in [-0.2, 0) is 15.0 Å². The van der Waals surface area contributed by atoms with Crippen LogP contribution in [0.2, 0.25) is 0 Å². The molecule has 1 heterocycles. The number of nitrogens with zero attached hydrogens (tertiary/aromatic N) is 1. The zero-order valence-corrected chi connectivity index (χ0v) is 15.0. The second kappa shape index (κ2) is 6.80. The van der Waals surface area contributed by atoms with E-state index in [2.05, 4.69) is 0 Å². The number of amides is 1. The Morgan fingerprint density at radius 3 is 2.22 bits per heavy atom. The Morgan fingerprint density at radius 1 is 1.00 bits per heavy atom. The number of rotatable bonds is 4. The minimum atomic E-state index is -0.919. The van der Waals surface area contributed by atoms with Gasteiger partial charge < -0.3 is 10.0 Å². The van der Waals surface area contributed by atoms with Gasteiger partial charge in [-0.1, -0.05) is 42.5 Å². The van der Waals surface area contributed by atoms with Crippen LogP contribution in [0.25, 0.3) is 0 Å². The third-order valence-corrected chi connectivity index (χ3v) is 6.07. The number of hydrogen-bond acceptors (Lipinski definition) is 2. The maximum absolute atomic E-state index is 13.1. The van der Waals surface area contributed by atoms with Gasteiger partial charge in [0.1, 0.15) is 5.82 Å². The molecule has 2 aromatic carbocycles. The highest BCUT2D eigenvalue weighted by Crippen LogP contribution is 2.49. The van der Waals surface area contributed by atoms with Crippen molar-refractivity contribution >= 4 is 11.9 Å². The molecule has 1 aliphatic heterocycles. The van der Waals surface area contributed by atoms with Gasteiger partial charge in [0.2, 0.25) is 5.91 Å². The van der Waals surface area contributed by atoms with E-state index in [0.717, 1.165) is 17.5 Å². The number of hydrogen-bond donors (Lipinski definition) is 1. The first-order valence-electron chi connectivity index (χ1n) is 9.34. The first-order chi connectivity index (χ1) is 13.0. The van der Waals surface area contributed by atoms with Crippen molar-refractivity contribution in [3.63, 3.8) is 0 Å². The summed E-state index contributed by atoms with van der Waals surface area (Å²) in [5, 5.41) is 9.87. The van der Waals surface area contributed by atoms with Crippen molar-refractivity contribution in [2.45, 2.75) is 30.6 Å². The molecular formula is C22H22FNO3. The van der Waals surface area contributed by atoms with Crippen LogP contribution < -0.4 is 0 Å². The van der Waals surface area contributed by atoms with Crippen molar-refractivity contribution in [2.75, 3.05) is 13.1 Å². The highest BCUT2D eigenvalue weighted by Gasteiger charge is 2.49. The third kappa shape index (κ3) is 3.22. The largest absolute Gasteiger partial charge is 0.481 e. The lowest BCUT2D eigenvalue weighted by Crippen LogP contribution is -2.49.